The molecule has 0 bridgehead atoms. The molecule has 5 nitrogen and oxygen atoms in total. The van der Waals surface area contributed by atoms with Gasteiger partial charge in [-0.1, -0.05) is 90.5 Å². The molecule has 0 aliphatic rings. The molecule has 0 aliphatic carbocycles. The molecule has 1 amide bonds. The van der Waals surface area contributed by atoms with Crippen molar-refractivity contribution in [1.29, 1.82) is 0 Å². The van der Waals surface area contributed by atoms with Crippen LogP contribution in [-0.2, 0) is 0 Å². The van der Waals surface area contributed by atoms with Crippen molar-refractivity contribution in [1.82, 2.24) is 15.4 Å². The Labute approximate surface area is 179 Å². The number of halogens is 1. The van der Waals surface area contributed by atoms with Crippen LogP contribution >= 0.6 is 11.6 Å². The number of benzene rings is 3. The molecule has 0 fully saturated rings. The molecule has 1 N–H and O–H groups in total. The molecule has 0 unspecified atom stereocenters. The second kappa shape index (κ2) is 9.11. The first-order chi connectivity index (χ1) is 14.7. The Balaban J connectivity index is 1.66. The number of nitrogens with one attached hydrogen (secondary N) is 1. The third kappa shape index (κ3) is 4.59. The molecule has 4 rings (SSSR count). The smallest absolute Gasteiger partial charge is 0.264 e. The number of amides is 1. The Bertz CT molecular complexity index is 1140. The highest BCUT2D eigenvalue weighted by Gasteiger charge is 2.14. The molecule has 3 aromatic carbocycles. The van der Waals surface area contributed by atoms with E-state index in [0.717, 1.165) is 11.1 Å². The lowest BCUT2D eigenvalue weighted by atomic mass is 10.1. The lowest BCUT2D eigenvalue weighted by Crippen LogP contribution is -2.21. The highest BCUT2D eigenvalue weighted by atomic mass is 35.5. The van der Waals surface area contributed by atoms with E-state index in [4.69, 9.17) is 11.6 Å². The topological polar surface area (TPSA) is 67.2 Å². The van der Waals surface area contributed by atoms with Crippen LogP contribution in [0.15, 0.2) is 96.1 Å². The predicted molar refractivity (Wildman–Crippen MR) is 119 cm³/mol. The summed E-state index contributed by atoms with van der Waals surface area (Å²) in [6, 6.07) is 28.4. The van der Waals surface area contributed by atoms with E-state index in [1.165, 1.54) is 6.21 Å². The van der Waals surface area contributed by atoms with Gasteiger partial charge < -0.3 is 0 Å². The lowest BCUT2D eigenvalue weighted by Gasteiger charge is -2.08. The summed E-state index contributed by atoms with van der Waals surface area (Å²) in [6.45, 7) is 0. The SMILES string of the molecule is O=C(N/N=C\c1ccccc1Cl)c1nc(-c2ccccc2)cc(-c2ccccc2)n1. The number of nitrogens with zero attached hydrogens (tertiary/aromatic N) is 3. The van der Waals surface area contributed by atoms with Crippen molar-refractivity contribution in [3.63, 3.8) is 0 Å². The summed E-state index contributed by atoms with van der Waals surface area (Å²) in [5.41, 5.74) is 6.28. The predicted octanol–water partition coefficient (Wildman–Crippen LogP) is 5.23. The van der Waals surface area contributed by atoms with Gasteiger partial charge in [-0.25, -0.2) is 15.4 Å². The van der Waals surface area contributed by atoms with Gasteiger partial charge in [-0.15, -0.1) is 0 Å². The molecule has 0 aliphatic heterocycles. The van der Waals surface area contributed by atoms with Crippen molar-refractivity contribution in [3.05, 3.63) is 107 Å². The van der Waals surface area contributed by atoms with Gasteiger partial charge in [-0.3, -0.25) is 4.79 Å². The number of carbonyl (C=O) groups excluding carboxylic acids is 1. The van der Waals surface area contributed by atoms with Crippen LogP contribution in [0.3, 0.4) is 0 Å². The van der Waals surface area contributed by atoms with E-state index in [9.17, 15) is 4.79 Å². The van der Waals surface area contributed by atoms with Crippen molar-refractivity contribution in [3.8, 4) is 22.5 Å². The van der Waals surface area contributed by atoms with Crippen LogP contribution in [-0.4, -0.2) is 22.1 Å². The van der Waals surface area contributed by atoms with Gasteiger partial charge >= 0.3 is 5.91 Å². The zero-order valence-electron chi connectivity index (χ0n) is 15.9. The van der Waals surface area contributed by atoms with Gasteiger partial charge in [0.15, 0.2) is 0 Å². The average molecular weight is 413 g/mol. The lowest BCUT2D eigenvalue weighted by molar-refractivity contribution is 0.0945. The van der Waals surface area contributed by atoms with E-state index in [1.54, 1.807) is 12.1 Å². The van der Waals surface area contributed by atoms with Gasteiger partial charge in [0.25, 0.3) is 0 Å². The Morgan fingerprint density at radius 1 is 0.800 bits per heavy atom. The Morgan fingerprint density at radius 3 is 1.90 bits per heavy atom. The van der Waals surface area contributed by atoms with Gasteiger partial charge in [0, 0.05) is 21.7 Å². The van der Waals surface area contributed by atoms with E-state index < -0.39 is 5.91 Å². The second-order valence-corrected chi connectivity index (χ2v) is 6.82. The maximum atomic E-state index is 12.7. The molecule has 1 aromatic heterocycles. The summed E-state index contributed by atoms with van der Waals surface area (Å²) in [5.74, 6) is -0.472. The first-order valence-corrected chi connectivity index (χ1v) is 9.66. The number of hydrogen-bond donors (Lipinski definition) is 1. The average Bonchev–Trinajstić information content (AvgIpc) is 2.81. The van der Waals surface area contributed by atoms with Crippen molar-refractivity contribution in [2.75, 3.05) is 0 Å². The molecule has 0 saturated heterocycles. The molecule has 6 heteroatoms. The van der Waals surface area contributed by atoms with Gasteiger partial charge in [0.1, 0.15) is 0 Å². The molecule has 0 spiro atoms. The molecule has 146 valence electrons. The molecule has 30 heavy (non-hydrogen) atoms. The quantitative estimate of drug-likeness (QED) is 0.360. The van der Waals surface area contributed by atoms with E-state index in [1.807, 2.05) is 78.9 Å². The van der Waals surface area contributed by atoms with E-state index in [-0.39, 0.29) is 5.82 Å². The van der Waals surface area contributed by atoms with Crippen LogP contribution in [0.2, 0.25) is 5.02 Å². The second-order valence-electron chi connectivity index (χ2n) is 6.41. The van der Waals surface area contributed by atoms with Gasteiger partial charge in [0.05, 0.1) is 17.6 Å². The first-order valence-electron chi connectivity index (χ1n) is 9.28. The number of carbonyl (C=O) groups is 1. The van der Waals surface area contributed by atoms with Crippen LogP contribution in [0.4, 0.5) is 0 Å². The summed E-state index contributed by atoms with van der Waals surface area (Å²) in [6.07, 6.45) is 1.49. The zero-order chi connectivity index (χ0) is 20.8. The molecule has 1 heterocycles. The fourth-order valence-corrected chi connectivity index (χ4v) is 3.04. The molecule has 0 saturated carbocycles. The summed E-state index contributed by atoms with van der Waals surface area (Å²) in [4.78, 5) is 21.6. The summed E-state index contributed by atoms with van der Waals surface area (Å²) >= 11 is 6.11. The number of hydrazone groups is 1. The number of rotatable bonds is 5. The maximum Gasteiger partial charge on any atom is 0.309 e. The zero-order valence-corrected chi connectivity index (χ0v) is 16.6. The number of aromatic nitrogens is 2. The van der Waals surface area contributed by atoms with Crippen LogP contribution < -0.4 is 5.43 Å². The van der Waals surface area contributed by atoms with Crippen molar-refractivity contribution < 1.29 is 4.79 Å². The summed E-state index contributed by atoms with van der Waals surface area (Å²) in [7, 11) is 0. The minimum Gasteiger partial charge on any atom is -0.264 e. The first kappa shape index (κ1) is 19.5. The van der Waals surface area contributed by atoms with Gasteiger partial charge in [0.2, 0.25) is 5.82 Å². The van der Waals surface area contributed by atoms with Gasteiger partial charge in [-0.05, 0) is 12.1 Å². The Kier molecular flexibility index (Phi) is 5.92. The largest absolute Gasteiger partial charge is 0.309 e. The monoisotopic (exact) mass is 412 g/mol. The fourth-order valence-electron chi connectivity index (χ4n) is 2.85. The minimum atomic E-state index is -0.506. The molecular weight excluding hydrogens is 396 g/mol. The summed E-state index contributed by atoms with van der Waals surface area (Å²) in [5, 5.41) is 4.54. The van der Waals surface area contributed by atoms with E-state index in [2.05, 4.69) is 20.5 Å². The highest BCUT2D eigenvalue weighted by Crippen LogP contribution is 2.23. The van der Waals surface area contributed by atoms with Crippen LogP contribution in [0.1, 0.15) is 16.2 Å². The van der Waals surface area contributed by atoms with Crippen molar-refractivity contribution in [2.45, 2.75) is 0 Å². The fraction of sp³-hybridized carbons (Fsp3) is 0. The third-order valence-electron chi connectivity index (χ3n) is 4.34. The standard InChI is InChI=1S/C24H17ClN4O/c25-20-14-8-7-13-19(20)16-26-29-24(30)23-27-21(17-9-3-1-4-10-17)15-22(28-23)18-11-5-2-6-12-18/h1-16H,(H,29,30)/b26-16-. The maximum absolute atomic E-state index is 12.7. The Hall–Kier alpha value is -3.83. The van der Waals surface area contributed by atoms with Gasteiger partial charge in [-0.2, -0.15) is 5.10 Å². The minimum absolute atomic E-state index is 0.0338. The molecular formula is C24H17ClN4O. The van der Waals surface area contributed by atoms with Crippen LogP contribution in [0.5, 0.6) is 0 Å². The normalized spacial score (nSPS) is 10.8. The summed E-state index contributed by atoms with van der Waals surface area (Å²) < 4.78 is 0. The molecule has 4 aromatic rings. The molecule has 0 radical (unpaired) electrons. The van der Waals surface area contributed by atoms with Crippen LogP contribution in [0, 0.1) is 0 Å². The van der Waals surface area contributed by atoms with Crippen molar-refractivity contribution >= 4 is 23.7 Å². The van der Waals surface area contributed by atoms with Crippen molar-refractivity contribution in [2.24, 2.45) is 5.10 Å². The molecule has 0 atom stereocenters. The van der Waals surface area contributed by atoms with E-state index in [0.29, 0.717) is 22.0 Å². The Morgan fingerprint density at radius 2 is 1.33 bits per heavy atom. The van der Waals surface area contributed by atoms with E-state index >= 15 is 0 Å². The number of hydrogen-bond acceptors (Lipinski definition) is 4. The third-order valence-corrected chi connectivity index (χ3v) is 4.69. The highest BCUT2D eigenvalue weighted by molar-refractivity contribution is 6.33. The van der Waals surface area contributed by atoms with Crippen LogP contribution in [0.25, 0.3) is 22.5 Å².